The number of amides is 1. The van der Waals surface area contributed by atoms with Crippen LogP contribution in [0, 0.1) is 12.7 Å². The van der Waals surface area contributed by atoms with Crippen molar-refractivity contribution in [2.45, 2.75) is 43.9 Å². The number of halogens is 1. The van der Waals surface area contributed by atoms with Crippen LogP contribution in [0.3, 0.4) is 0 Å². The van der Waals surface area contributed by atoms with Gasteiger partial charge in [-0.25, -0.2) is 4.39 Å². The lowest BCUT2D eigenvalue weighted by Gasteiger charge is -2.33. The molecule has 1 aromatic heterocycles. The lowest BCUT2D eigenvalue weighted by Crippen LogP contribution is -2.41. The molecule has 0 N–H and O–H groups in total. The molecule has 1 fully saturated rings. The van der Waals surface area contributed by atoms with Crippen molar-refractivity contribution in [3.05, 3.63) is 59.5 Å². The van der Waals surface area contributed by atoms with E-state index in [4.69, 9.17) is 8.71 Å². The number of rotatable bonds is 10. The van der Waals surface area contributed by atoms with E-state index < -0.39 is 10.1 Å². The van der Waals surface area contributed by atoms with Crippen LogP contribution >= 0.6 is 0 Å². The summed E-state index contributed by atoms with van der Waals surface area (Å²) in [6.45, 7) is 7.17. The van der Waals surface area contributed by atoms with Gasteiger partial charge in [-0.1, -0.05) is 22.9 Å². The van der Waals surface area contributed by atoms with Crippen molar-refractivity contribution < 1.29 is 26.3 Å². The largest absolute Gasteiger partial charge is 0.356 e. The van der Waals surface area contributed by atoms with E-state index in [9.17, 15) is 17.6 Å². The fourth-order valence-electron chi connectivity index (χ4n) is 4.55. The Morgan fingerprint density at radius 1 is 1.19 bits per heavy atom. The fourth-order valence-corrected chi connectivity index (χ4v) is 5.45. The van der Waals surface area contributed by atoms with Crippen molar-refractivity contribution in [2.24, 2.45) is 0 Å². The Morgan fingerprint density at radius 2 is 1.92 bits per heavy atom. The van der Waals surface area contributed by atoms with E-state index in [0.29, 0.717) is 18.7 Å². The van der Waals surface area contributed by atoms with Crippen LogP contribution in [0.15, 0.2) is 51.9 Å². The minimum Gasteiger partial charge on any atom is -0.356 e. The molecule has 1 aliphatic rings. The first-order valence-corrected chi connectivity index (χ1v) is 13.7. The van der Waals surface area contributed by atoms with Gasteiger partial charge in [0.15, 0.2) is 5.58 Å². The smallest absolute Gasteiger partial charge is 0.296 e. The average Bonchev–Trinajstić information content (AvgIpc) is 3.28. The second kappa shape index (κ2) is 11.5. The number of aromatic nitrogens is 1. The van der Waals surface area contributed by atoms with Gasteiger partial charge in [-0.3, -0.25) is 8.98 Å². The normalized spacial score (nSPS) is 15.4. The minimum absolute atomic E-state index is 0.000826. The van der Waals surface area contributed by atoms with Crippen LogP contribution in [0.4, 0.5) is 4.39 Å². The first-order chi connectivity index (χ1) is 17.3. The molecule has 8 nitrogen and oxygen atoms in total. The molecule has 3 aromatic rings. The Labute approximate surface area is 211 Å². The van der Waals surface area contributed by atoms with E-state index in [1.807, 2.05) is 13.8 Å². The van der Waals surface area contributed by atoms with Crippen LogP contribution in [-0.2, 0) is 19.1 Å². The van der Waals surface area contributed by atoms with Crippen LogP contribution in [-0.4, -0.2) is 68.6 Å². The Balaban J connectivity index is 1.21. The number of likely N-dealkylation sites (N-methyl/N-ethyl adjacent to an activating group) is 1. The number of nitrogens with zero attached hydrogens (tertiary/aromatic N) is 3. The number of hydrogen-bond donors (Lipinski definition) is 0. The zero-order valence-electron chi connectivity index (χ0n) is 20.7. The average molecular weight is 518 g/mol. The van der Waals surface area contributed by atoms with E-state index in [1.165, 1.54) is 24.3 Å². The fraction of sp³-hybridized carbons (Fsp3) is 0.462. The van der Waals surface area contributed by atoms with Gasteiger partial charge in [0.2, 0.25) is 5.91 Å². The van der Waals surface area contributed by atoms with Crippen LogP contribution in [0.2, 0.25) is 0 Å². The van der Waals surface area contributed by atoms with Gasteiger partial charge in [-0.2, -0.15) is 8.42 Å². The van der Waals surface area contributed by atoms with E-state index in [1.54, 1.807) is 23.1 Å². The second-order valence-corrected chi connectivity index (χ2v) is 10.8. The highest BCUT2D eigenvalue weighted by Gasteiger charge is 2.26. The lowest BCUT2D eigenvalue weighted by atomic mass is 9.91. The number of benzene rings is 2. The van der Waals surface area contributed by atoms with Crippen molar-refractivity contribution >= 4 is 27.0 Å². The number of carbonyl (C=O) groups excluding carboxylic acids is 1. The molecule has 1 amide bonds. The molecule has 36 heavy (non-hydrogen) atoms. The highest BCUT2D eigenvalue weighted by atomic mass is 32.2. The maximum absolute atomic E-state index is 13.4. The van der Waals surface area contributed by atoms with Crippen molar-refractivity contribution in [2.75, 3.05) is 39.3 Å². The van der Waals surface area contributed by atoms with Crippen LogP contribution < -0.4 is 0 Å². The molecule has 0 bridgehead atoms. The van der Waals surface area contributed by atoms with Crippen LogP contribution in [0.25, 0.3) is 11.0 Å². The summed E-state index contributed by atoms with van der Waals surface area (Å²) < 4.78 is 48.4. The third kappa shape index (κ3) is 6.29. The quantitative estimate of drug-likeness (QED) is 0.374. The zero-order valence-corrected chi connectivity index (χ0v) is 21.5. The summed E-state index contributed by atoms with van der Waals surface area (Å²) >= 11 is 0. The summed E-state index contributed by atoms with van der Waals surface area (Å²) in [5.74, 6) is -0.216. The van der Waals surface area contributed by atoms with Crippen LogP contribution in [0.5, 0.6) is 0 Å². The Kier molecular flexibility index (Phi) is 8.38. The number of carbonyl (C=O) groups is 1. The standard InChI is InChI=1S/C26H32FN3O5S/c1-3-30(25(31)12-17-34-36(32,33)22-7-4-19(2)5-8-22)16-15-29-13-10-20(11-14-29)26-23-9-6-21(27)18-24(23)35-28-26/h4-9,18,20H,3,10-17H2,1-2H3. The topological polar surface area (TPSA) is 92.9 Å². The van der Waals surface area contributed by atoms with Crippen molar-refractivity contribution in [1.29, 1.82) is 0 Å². The van der Waals surface area contributed by atoms with E-state index in [0.717, 1.165) is 49.1 Å². The van der Waals surface area contributed by atoms with Gasteiger partial charge in [-0.05, 0) is 64.0 Å². The van der Waals surface area contributed by atoms with Gasteiger partial charge < -0.3 is 14.3 Å². The number of hydrogen-bond acceptors (Lipinski definition) is 7. The molecule has 2 aromatic carbocycles. The van der Waals surface area contributed by atoms with Crippen molar-refractivity contribution in [1.82, 2.24) is 15.0 Å². The lowest BCUT2D eigenvalue weighted by molar-refractivity contribution is -0.131. The summed E-state index contributed by atoms with van der Waals surface area (Å²) in [7, 11) is -3.88. The van der Waals surface area contributed by atoms with Gasteiger partial charge >= 0.3 is 0 Å². The van der Waals surface area contributed by atoms with Gasteiger partial charge in [0.25, 0.3) is 10.1 Å². The number of likely N-dealkylation sites (tertiary alicyclic amines) is 1. The predicted molar refractivity (Wildman–Crippen MR) is 134 cm³/mol. The van der Waals surface area contributed by atoms with E-state index >= 15 is 0 Å². The molecule has 10 heteroatoms. The number of piperidine rings is 1. The van der Waals surface area contributed by atoms with E-state index in [2.05, 4.69) is 10.1 Å². The zero-order chi connectivity index (χ0) is 25.7. The molecule has 1 saturated heterocycles. The van der Waals surface area contributed by atoms with Gasteiger partial charge in [0.05, 0.1) is 23.6 Å². The summed E-state index contributed by atoms with van der Waals surface area (Å²) in [6, 6.07) is 10.9. The third-order valence-corrected chi connectivity index (χ3v) is 8.05. The third-order valence-electron chi connectivity index (χ3n) is 6.72. The number of aryl methyl sites for hydroxylation is 1. The summed E-state index contributed by atoms with van der Waals surface area (Å²) in [5.41, 5.74) is 2.31. The molecule has 194 valence electrons. The second-order valence-electron chi connectivity index (χ2n) is 9.14. The van der Waals surface area contributed by atoms with E-state index in [-0.39, 0.29) is 35.6 Å². The monoisotopic (exact) mass is 517 g/mol. The number of fused-ring (bicyclic) bond motifs is 1. The van der Waals surface area contributed by atoms with Gasteiger partial charge in [0, 0.05) is 37.0 Å². The SMILES string of the molecule is CCN(CCN1CCC(c2noc3cc(F)ccc23)CC1)C(=O)CCOS(=O)(=O)c1ccc(C)cc1. The maximum Gasteiger partial charge on any atom is 0.296 e. The summed E-state index contributed by atoms with van der Waals surface area (Å²) in [6.07, 6.45) is 1.81. The highest BCUT2D eigenvalue weighted by molar-refractivity contribution is 7.86. The molecular formula is C26H32FN3O5S. The molecular weight excluding hydrogens is 485 g/mol. The molecule has 0 saturated carbocycles. The molecule has 2 heterocycles. The Hall–Kier alpha value is -2.82. The van der Waals surface area contributed by atoms with Crippen LogP contribution in [0.1, 0.15) is 43.4 Å². The molecule has 0 atom stereocenters. The summed E-state index contributed by atoms with van der Waals surface area (Å²) in [5, 5.41) is 5.06. The molecule has 4 rings (SSSR count). The predicted octanol–water partition coefficient (Wildman–Crippen LogP) is 4.10. The first kappa shape index (κ1) is 26.2. The van der Waals surface area contributed by atoms with Gasteiger partial charge in [-0.15, -0.1) is 0 Å². The molecule has 1 aliphatic heterocycles. The van der Waals surface area contributed by atoms with Crippen molar-refractivity contribution in [3.8, 4) is 0 Å². The Bertz CT molecular complexity index is 1280. The molecule has 0 unspecified atom stereocenters. The molecule has 0 aliphatic carbocycles. The minimum atomic E-state index is -3.88. The van der Waals surface area contributed by atoms with Gasteiger partial charge in [0.1, 0.15) is 5.82 Å². The highest BCUT2D eigenvalue weighted by Crippen LogP contribution is 2.32. The maximum atomic E-state index is 13.4. The molecule has 0 radical (unpaired) electrons. The van der Waals surface area contributed by atoms with Crippen molar-refractivity contribution in [3.63, 3.8) is 0 Å². The first-order valence-electron chi connectivity index (χ1n) is 12.3. The summed E-state index contributed by atoms with van der Waals surface area (Å²) in [4.78, 5) is 16.8. The Morgan fingerprint density at radius 3 is 2.61 bits per heavy atom. The molecule has 0 spiro atoms.